The average Bonchev–Trinajstić information content (AvgIpc) is 2.99. The van der Waals surface area contributed by atoms with Crippen LogP contribution in [0, 0.1) is 0 Å². The third kappa shape index (κ3) is 5.44. The fourth-order valence-electron chi connectivity index (χ4n) is 2.57. The number of amides is 2. The Kier molecular flexibility index (Phi) is 5.70. The molecule has 1 aromatic rings. The van der Waals surface area contributed by atoms with Crippen molar-refractivity contribution in [1.29, 1.82) is 0 Å². The number of esters is 1. The molecule has 0 bridgehead atoms. The largest absolute Gasteiger partial charge is 0.458 e. The van der Waals surface area contributed by atoms with E-state index < -0.39 is 23.6 Å². The lowest BCUT2D eigenvalue weighted by Crippen LogP contribution is -2.44. The van der Waals surface area contributed by atoms with Crippen LogP contribution in [0.25, 0.3) is 0 Å². The van der Waals surface area contributed by atoms with Crippen LogP contribution in [0.1, 0.15) is 40.5 Å². The van der Waals surface area contributed by atoms with Crippen molar-refractivity contribution >= 4 is 23.4 Å². The van der Waals surface area contributed by atoms with Crippen molar-refractivity contribution in [3.63, 3.8) is 0 Å². The lowest BCUT2D eigenvalue weighted by atomic mass is 10.2. The molecular weight excluding hydrogens is 306 g/mol. The molecule has 2 N–H and O–H groups in total. The Morgan fingerprint density at radius 2 is 1.88 bits per heavy atom. The minimum atomic E-state index is -0.717. The Labute approximate surface area is 143 Å². The fraction of sp³-hybridized carbons (Fsp3) is 0.556. The smallest absolute Gasteiger partial charge is 0.328 e. The van der Waals surface area contributed by atoms with Crippen molar-refractivity contribution in [2.45, 2.75) is 52.2 Å². The summed E-state index contributed by atoms with van der Waals surface area (Å²) in [6.07, 6.45) is 2.40. The van der Waals surface area contributed by atoms with Crippen molar-refractivity contribution < 1.29 is 14.3 Å². The Bertz CT molecular complexity index is 589. The van der Waals surface area contributed by atoms with Gasteiger partial charge in [-0.15, -0.1) is 0 Å². The second-order valence-electron chi connectivity index (χ2n) is 7.10. The first kappa shape index (κ1) is 18.1. The molecule has 0 radical (unpaired) electrons. The summed E-state index contributed by atoms with van der Waals surface area (Å²) in [5.74, 6) is -0.455. The second-order valence-corrected chi connectivity index (χ2v) is 7.10. The molecule has 1 atom stereocenters. The number of rotatable bonds is 4. The van der Waals surface area contributed by atoms with E-state index in [1.54, 1.807) is 27.7 Å². The lowest BCUT2D eigenvalue weighted by molar-refractivity contribution is -0.156. The number of urea groups is 1. The SMILES string of the molecule is C[C@H](NC(=O)Nc1cccc(N2CCCC2)c1)C(=O)OC(C)(C)C. The van der Waals surface area contributed by atoms with E-state index in [4.69, 9.17) is 4.74 Å². The van der Waals surface area contributed by atoms with E-state index in [2.05, 4.69) is 15.5 Å². The zero-order valence-electron chi connectivity index (χ0n) is 14.9. The lowest BCUT2D eigenvalue weighted by Gasteiger charge is -2.23. The maximum Gasteiger partial charge on any atom is 0.328 e. The van der Waals surface area contributed by atoms with Gasteiger partial charge in [-0.1, -0.05) is 6.07 Å². The summed E-state index contributed by atoms with van der Waals surface area (Å²) in [6, 6.07) is 6.59. The van der Waals surface area contributed by atoms with Gasteiger partial charge < -0.3 is 20.3 Å². The number of nitrogens with zero attached hydrogens (tertiary/aromatic N) is 1. The third-order valence-electron chi connectivity index (χ3n) is 3.68. The van der Waals surface area contributed by atoms with Crippen molar-refractivity contribution in [2.24, 2.45) is 0 Å². The summed E-state index contributed by atoms with van der Waals surface area (Å²) in [6.45, 7) is 9.08. The van der Waals surface area contributed by atoms with Gasteiger partial charge in [-0.05, 0) is 58.7 Å². The van der Waals surface area contributed by atoms with Crippen LogP contribution >= 0.6 is 0 Å². The molecule has 1 saturated heterocycles. The predicted molar refractivity (Wildman–Crippen MR) is 95.4 cm³/mol. The number of ether oxygens (including phenoxy) is 1. The van der Waals surface area contributed by atoms with Gasteiger partial charge in [-0.3, -0.25) is 0 Å². The normalized spacial score (nSPS) is 15.8. The molecule has 0 unspecified atom stereocenters. The molecule has 24 heavy (non-hydrogen) atoms. The first-order valence-corrected chi connectivity index (χ1v) is 8.40. The standard InChI is InChI=1S/C18H27N3O3/c1-13(16(22)24-18(2,3)4)19-17(23)20-14-8-7-9-15(12-14)21-10-5-6-11-21/h7-9,12-13H,5-6,10-11H2,1-4H3,(H2,19,20,23)/t13-/m0/s1. The number of carbonyl (C=O) groups excluding carboxylic acids is 2. The monoisotopic (exact) mass is 333 g/mol. The molecule has 132 valence electrons. The molecule has 0 aliphatic carbocycles. The van der Waals surface area contributed by atoms with Gasteiger partial charge in [0.05, 0.1) is 0 Å². The number of hydrogen-bond donors (Lipinski definition) is 2. The average molecular weight is 333 g/mol. The third-order valence-corrected chi connectivity index (χ3v) is 3.68. The summed E-state index contributed by atoms with van der Waals surface area (Å²) in [5.41, 5.74) is 1.23. The molecule has 2 amide bonds. The summed E-state index contributed by atoms with van der Waals surface area (Å²) in [5, 5.41) is 5.37. The predicted octanol–water partition coefficient (Wildman–Crippen LogP) is 3.14. The van der Waals surface area contributed by atoms with E-state index in [0.29, 0.717) is 5.69 Å². The Hall–Kier alpha value is -2.24. The summed E-state index contributed by atoms with van der Waals surface area (Å²) < 4.78 is 5.25. The molecule has 6 nitrogen and oxygen atoms in total. The second kappa shape index (κ2) is 7.55. The van der Waals surface area contributed by atoms with Crippen molar-refractivity contribution in [3.8, 4) is 0 Å². The van der Waals surface area contributed by atoms with Gasteiger partial charge in [-0.2, -0.15) is 0 Å². The Morgan fingerprint density at radius 1 is 1.21 bits per heavy atom. The van der Waals surface area contributed by atoms with Crippen molar-refractivity contribution in [1.82, 2.24) is 5.32 Å². The van der Waals surface area contributed by atoms with Crippen LogP contribution in [0.4, 0.5) is 16.2 Å². The molecule has 0 saturated carbocycles. The molecule has 1 fully saturated rings. The van der Waals surface area contributed by atoms with Crippen LogP contribution in [-0.2, 0) is 9.53 Å². The summed E-state index contributed by atoms with van der Waals surface area (Å²) >= 11 is 0. The van der Waals surface area contributed by atoms with Gasteiger partial charge in [0.1, 0.15) is 11.6 Å². The molecule has 1 heterocycles. The molecule has 1 aliphatic heterocycles. The highest BCUT2D eigenvalue weighted by Gasteiger charge is 2.23. The molecule has 0 spiro atoms. The highest BCUT2D eigenvalue weighted by Crippen LogP contribution is 2.23. The highest BCUT2D eigenvalue weighted by molar-refractivity contribution is 5.92. The van der Waals surface area contributed by atoms with Gasteiger partial charge in [0, 0.05) is 24.5 Å². The summed E-state index contributed by atoms with van der Waals surface area (Å²) in [4.78, 5) is 26.3. The first-order valence-electron chi connectivity index (χ1n) is 8.40. The van der Waals surface area contributed by atoms with Crippen LogP contribution in [0.5, 0.6) is 0 Å². The van der Waals surface area contributed by atoms with Crippen LogP contribution in [0.15, 0.2) is 24.3 Å². The molecule has 2 rings (SSSR count). The van der Waals surface area contributed by atoms with Crippen molar-refractivity contribution in [3.05, 3.63) is 24.3 Å². The van der Waals surface area contributed by atoms with Gasteiger partial charge in [0.2, 0.25) is 0 Å². The summed E-state index contributed by atoms with van der Waals surface area (Å²) in [7, 11) is 0. The minimum Gasteiger partial charge on any atom is -0.458 e. The van der Waals surface area contributed by atoms with Crippen LogP contribution < -0.4 is 15.5 Å². The van der Waals surface area contributed by atoms with Gasteiger partial charge >= 0.3 is 12.0 Å². The highest BCUT2D eigenvalue weighted by atomic mass is 16.6. The zero-order chi connectivity index (χ0) is 17.7. The van der Waals surface area contributed by atoms with Crippen LogP contribution in [0.2, 0.25) is 0 Å². The van der Waals surface area contributed by atoms with Crippen molar-refractivity contribution in [2.75, 3.05) is 23.3 Å². The van der Waals surface area contributed by atoms with Crippen LogP contribution in [0.3, 0.4) is 0 Å². The van der Waals surface area contributed by atoms with E-state index in [-0.39, 0.29) is 0 Å². The molecular formula is C18H27N3O3. The van der Waals surface area contributed by atoms with Gasteiger partial charge in [0.25, 0.3) is 0 Å². The van der Waals surface area contributed by atoms with E-state index in [0.717, 1.165) is 18.8 Å². The van der Waals surface area contributed by atoms with Gasteiger partial charge in [-0.25, -0.2) is 9.59 Å². The number of carbonyl (C=O) groups is 2. The Morgan fingerprint density at radius 3 is 2.50 bits per heavy atom. The quantitative estimate of drug-likeness (QED) is 0.831. The minimum absolute atomic E-state index is 0.424. The number of benzene rings is 1. The molecule has 1 aliphatic rings. The van der Waals surface area contributed by atoms with Gasteiger partial charge in [0.15, 0.2) is 0 Å². The van der Waals surface area contributed by atoms with E-state index in [1.807, 2.05) is 24.3 Å². The van der Waals surface area contributed by atoms with E-state index in [1.165, 1.54) is 12.8 Å². The maximum atomic E-state index is 12.1. The number of hydrogen-bond acceptors (Lipinski definition) is 4. The molecule has 6 heteroatoms. The number of anilines is 2. The van der Waals surface area contributed by atoms with E-state index in [9.17, 15) is 9.59 Å². The topological polar surface area (TPSA) is 70.7 Å². The molecule has 1 aromatic carbocycles. The Balaban J connectivity index is 1.90. The maximum absolute atomic E-state index is 12.1. The first-order chi connectivity index (χ1) is 11.2. The fourth-order valence-corrected chi connectivity index (χ4v) is 2.57. The van der Waals surface area contributed by atoms with E-state index >= 15 is 0 Å². The van der Waals surface area contributed by atoms with Crippen LogP contribution in [-0.4, -0.2) is 36.7 Å². The number of nitrogens with one attached hydrogen (secondary N) is 2. The zero-order valence-corrected chi connectivity index (χ0v) is 14.9. The molecule has 0 aromatic heterocycles.